The molecule has 6 nitrogen and oxygen atoms in total. The smallest absolute Gasteiger partial charge is 0.246 e. The number of aliphatic imine (C=N–C) groups is 1. The Morgan fingerprint density at radius 1 is 1.26 bits per heavy atom. The van der Waals surface area contributed by atoms with E-state index in [9.17, 15) is 9.18 Å². The molecule has 0 aliphatic carbocycles. The van der Waals surface area contributed by atoms with Crippen molar-refractivity contribution in [3.05, 3.63) is 60.2 Å². The molecule has 0 atom stereocenters. The van der Waals surface area contributed by atoms with Crippen molar-refractivity contribution in [1.29, 1.82) is 0 Å². The van der Waals surface area contributed by atoms with Gasteiger partial charge in [0, 0.05) is 30.5 Å². The Labute approximate surface area is 133 Å². The first-order chi connectivity index (χ1) is 11.1. The first-order valence-electron chi connectivity index (χ1n) is 7.12. The van der Waals surface area contributed by atoms with E-state index < -0.39 is 5.82 Å². The first-order valence-corrected chi connectivity index (χ1v) is 7.12. The van der Waals surface area contributed by atoms with Gasteiger partial charge < -0.3 is 16.4 Å². The fourth-order valence-corrected chi connectivity index (χ4v) is 1.84. The minimum absolute atomic E-state index is 0.140. The average Bonchev–Trinajstić information content (AvgIpc) is 2.54. The molecule has 0 spiro atoms. The van der Waals surface area contributed by atoms with Gasteiger partial charge in [0.1, 0.15) is 12.4 Å². The summed E-state index contributed by atoms with van der Waals surface area (Å²) in [7, 11) is 0. The number of halogens is 1. The highest BCUT2D eigenvalue weighted by Crippen LogP contribution is 2.08. The Kier molecular flexibility index (Phi) is 6.05. The Bertz CT molecular complexity index is 675. The summed E-state index contributed by atoms with van der Waals surface area (Å²) in [6, 6.07) is 11.3. The van der Waals surface area contributed by atoms with Crippen molar-refractivity contribution in [2.45, 2.75) is 6.42 Å². The number of aromatic nitrogens is 1. The van der Waals surface area contributed by atoms with Crippen LogP contribution in [0.4, 0.5) is 10.1 Å². The molecule has 0 saturated heterocycles. The molecule has 0 saturated carbocycles. The summed E-state index contributed by atoms with van der Waals surface area (Å²) >= 11 is 0. The van der Waals surface area contributed by atoms with Crippen molar-refractivity contribution in [2.24, 2.45) is 10.7 Å². The highest BCUT2D eigenvalue weighted by molar-refractivity contribution is 5.93. The van der Waals surface area contributed by atoms with Crippen molar-refractivity contribution in [3.63, 3.8) is 0 Å². The van der Waals surface area contributed by atoms with Gasteiger partial charge in [-0.25, -0.2) is 9.38 Å². The topological polar surface area (TPSA) is 92.4 Å². The predicted molar refractivity (Wildman–Crippen MR) is 87.5 cm³/mol. The molecule has 0 unspecified atom stereocenters. The van der Waals surface area contributed by atoms with E-state index in [4.69, 9.17) is 5.73 Å². The third kappa shape index (κ3) is 6.13. The standard InChI is InChI=1S/C16H18FN5O/c17-12-4-3-6-14(10-12)22-15(23)11-21-16(18)20-9-7-13-5-1-2-8-19-13/h1-6,8,10H,7,9,11H2,(H,22,23)(H3,18,20,21). The average molecular weight is 315 g/mol. The van der Waals surface area contributed by atoms with Crippen LogP contribution in [0, 0.1) is 5.82 Å². The number of nitrogens with one attached hydrogen (secondary N) is 2. The molecule has 0 fully saturated rings. The molecule has 1 aromatic carbocycles. The molecule has 23 heavy (non-hydrogen) atoms. The zero-order valence-electron chi connectivity index (χ0n) is 12.5. The lowest BCUT2D eigenvalue weighted by atomic mass is 10.3. The number of guanidine groups is 1. The lowest BCUT2D eigenvalue weighted by Crippen LogP contribution is -2.34. The zero-order valence-corrected chi connectivity index (χ0v) is 12.5. The first kappa shape index (κ1) is 16.4. The molecule has 1 heterocycles. The molecule has 0 aliphatic rings. The monoisotopic (exact) mass is 315 g/mol. The second kappa shape index (κ2) is 8.47. The van der Waals surface area contributed by atoms with E-state index in [1.54, 1.807) is 12.3 Å². The van der Waals surface area contributed by atoms with Crippen LogP contribution < -0.4 is 16.4 Å². The van der Waals surface area contributed by atoms with Gasteiger partial charge in [-0.2, -0.15) is 0 Å². The third-order valence-electron chi connectivity index (χ3n) is 2.91. The summed E-state index contributed by atoms with van der Waals surface area (Å²) in [5.74, 6) is -0.609. The zero-order chi connectivity index (χ0) is 16.5. The van der Waals surface area contributed by atoms with Gasteiger partial charge in [-0.3, -0.25) is 9.78 Å². The lowest BCUT2D eigenvalue weighted by molar-refractivity contribution is -0.114. The fourth-order valence-electron chi connectivity index (χ4n) is 1.84. The highest BCUT2D eigenvalue weighted by atomic mass is 19.1. The summed E-state index contributed by atoms with van der Waals surface area (Å²) in [6.45, 7) is 0.427. The number of nitrogens with zero attached hydrogens (tertiary/aromatic N) is 2. The van der Waals surface area contributed by atoms with Crippen LogP contribution in [-0.2, 0) is 11.2 Å². The number of hydrogen-bond acceptors (Lipinski definition) is 3. The quantitative estimate of drug-likeness (QED) is 0.553. The number of carbonyl (C=O) groups is 1. The molecular formula is C16H18FN5O. The number of amides is 1. The molecule has 4 N–H and O–H groups in total. The van der Waals surface area contributed by atoms with E-state index in [2.05, 4.69) is 20.6 Å². The van der Waals surface area contributed by atoms with E-state index in [1.807, 2.05) is 18.2 Å². The van der Waals surface area contributed by atoms with Gasteiger partial charge in [0.25, 0.3) is 0 Å². The van der Waals surface area contributed by atoms with Crippen LogP contribution in [-0.4, -0.2) is 29.9 Å². The van der Waals surface area contributed by atoms with Crippen molar-refractivity contribution in [1.82, 2.24) is 10.3 Å². The van der Waals surface area contributed by atoms with E-state index in [-0.39, 0.29) is 18.4 Å². The van der Waals surface area contributed by atoms with Crippen LogP contribution >= 0.6 is 0 Å². The Morgan fingerprint density at radius 2 is 2.13 bits per heavy atom. The van der Waals surface area contributed by atoms with Crippen LogP contribution in [0.5, 0.6) is 0 Å². The van der Waals surface area contributed by atoms with Crippen molar-refractivity contribution >= 4 is 17.6 Å². The van der Waals surface area contributed by atoms with Crippen LogP contribution in [0.1, 0.15) is 5.69 Å². The number of benzene rings is 1. The van der Waals surface area contributed by atoms with Crippen LogP contribution in [0.25, 0.3) is 0 Å². The van der Waals surface area contributed by atoms with Gasteiger partial charge in [0.15, 0.2) is 5.96 Å². The Morgan fingerprint density at radius 3 is 2.87 bits per heavy atom. The maximum absolute atomic E-state index is 13.0. The lowest BCUT2D eigenvalue weighted by Gasteiger charge is -2.06. The van der Waals surface area contributed by atoms with E-state index in [1.165, 1.54) is 18.2 Å². The summed E-state index contributed by atoms with van der Waals surface area (Å²) < 4.78 is 13.0. The number of nitrogens with two attached hydrogens (primary N) is 1. The van der Waals surface area contributed by atoms with Gasteiger partial charge in [0.05, 0.1) is 0 Å². The number of pyridine rings is 1. The predicted octanol–water partition coefficient (Wildman–Crippen LogP) is 1.31. The number of anilines is 1. The van der Waals surface area contributed by atoms with Gasteiger partial charge >= 0.3 is 0 Å². The highest BCUT2D eigenvalue weighted by Gasteiger charge is 2.02. The summed E-state index contributed by atoms with van der Waals surface area (Å²) in [5.41, 5.74) is 7.00. The fraction of sp³-hybridized carbons (Fsp3) is 0.188. The van der Waals surface area contributed by atoms with Crippen molar-refractivity contribution in [3.8, 4) is 0 Å². The molecular weight excluding hydrogens is 297 g/mol. The number of rotatable bonds is 6. The second-order valence-corrected chi connectivity index (χ2v) is 4.76. The maximum atomic E-state index is 13.0. The van der Waals surface area contributed by atoms with Crippen molar-refractivity contribution < 1.29 is 9.18 Å². The Balaban J connectivity index is 1.72. The third-order valence-corrected chi connectivity index (χ3v) is 2.91. The largest absolute Gasteiger partial charge is 0.370 e. The minimum Gasteiger partial charge on any atom is -0.370 e. The molecule has 0 bridgehead atoms. The number of carbonyl (C=O) groups excluding carboxylic acids is 1. The Hall–Kier alpha value is -2.96. The molecule has 120 valence electrons. The van der Waals surface area contributed by atoms with Gasteiger partial charge in [-0.15, -0.1) is 0 Å². The molecule has 0 aliphatic heterocycles. The summed E-state index contributed by atoms with van der Waals surface area (Å²) in [5, 5.41) is 5.45. The normalized spacial score (nSPS) is 11.1. The minimum atomic E-state index is -0.415. The van der Waals surface area contributed by atoms with E-state index in [0.717, 1.165) is 5.69 Å². The van der Waals surface area contributed by atoms with Crippen LogP contribution in [0.2, 0.25) is 0 Å². The molecule has 1 amide bonds. The van der Waals surface area contributed by atoms with Gasteiger partial charge in [0.2, 0.25) is 5.91 Å². The van der Waals surface area contributed by atoms with Crippen LogP contribution in [0.15, 0.2) is 53.7 Å². The van der Waals surface area contributed by atoms with E-state index >= 15 is 0 Å². The van der Waals surface area contributed by atoms with Gasteiger partial charge in [-0.1, -0.05) is 12.1 Å². The molecule has 1 aromatic heterocycles. The maximum Gasteiger partial charge on any atom is 0.246 e. The van der Waals surface area contributed by atoms with Crippen LogP contribution in [0.3, 0.4) is 0 Å². The van der Waals surface area contributed by atoms with Gasteiger partial charge in [-0.05, 0) is 30.3 Å². The second-order valence-electron chi connectivity index (χ2n) is 4.76. The van der Waals surface area contributed by atoms with E-state index in [0.29, 0.717) is 18.7 Å². The summed E-state index contributed by atoms with van der Waals surface area (Å²) in [6.07, 6.45) is 2.43. The molecule has 2 aromatic rings. The van der Waals surface area contributed by atoms with Crippen molar-refractivity contribution in [2.75, 3.05) is 18.4 Å². The molecule has 0 radical (unpaired) electrons. The molecule has 7 heteroatoms. The molecule has 2 rings (SSSR count). The number of hydrogen-bond donors (Lipinski definition) is 3. The SMILES string of the molecule is NC(=NCC(=O)Nc1cccc(F)c1)NCCc1ccccn1. The summed E-state index contributed by atoms with van der Waals surface area (Å²) in [4.78, 5) is 19.8.